The zero-order valence-electron chi connectivity index (χ0n) is 6.55. The van der Waals surface area contributed by atoms with E-state index < -0.39 is 0 Å². The molecule has 0 heterocycles. The number of benzene rings is 1. The highest BCUT2D eigenvalue weighted by molar-refractivity contribution is 6.57. The molecule has 1 aromatic rings. The lowest BCUT2D eigenvalue weighted by Gasteiger charge is -2.02. The number of rotatable bonds is 2. The number of para-hydroxylation sites is 1. The van der Waals surface area contributed by atoms with Crippen LogP contribution in [0.4, 0.5) is 0 Å². The molecule has 0 aliphatic carbocycles. The Labute approximate surface area is 81.6 Å². The molecule has 1 nitrogen and oxygen atoms in total. The van der Waals surface area contributed by atoms with E-state index in [9.17, 15) is 0 Å². The summed E-state index contributed by atoms with van der Waals surface area (Å²) in [6.07, 6.45) is 1.64. The van der Waals surface area contributed by atoms with Gasteiger partial charge in [0.15, 0.2) is 0 Å². The number of hydrogen-bond donors (Lipinski definition) is 0. The quantitative estimate of drug-likeness (QED) is 0.714. The molecule has 0 saturated carbocycles. The maximum absolute atomic E-state index is 5.51. The molecule has 0 unspecified atom stereocenters. The predicted molar refractivity (Wildman–Crippen MR) is 52.7 cm³/mol. The van der Waals surface area contributed by atoms with Crippen molar-refractivity contribution in [3.8, 4) is 5.75 Å². The predicted octanol–water partition coefficient (Wildman–Crippen LogP) is 3.47. The molecule has 0 fully saturated rings. The molecule has 0 saturated heterocycles. The lowest BCUT2D eigenvalue weighted by atomic mass is 10.2. The van der Waals surface area contributed by atoms with Crippen LogP contribution >= 0.6 is 23.2 Å². The Morgan fingerprint density at radius 3 is 2.58 bits per heavy atom. The molecule has 0 bridgehead atoms. The molecule has 0 aliphatic heterocycles. The van der Waals surface area contributed by atoms with Gasteiger partial charge in [-0.25, -0.2) is 0 Å². The molecule has 1 rings (SSSR count). The van der Waals surface area contributed by atoms with Crippen LogP contribution in [-0.2, 0) is 0 Å². The lowest BCUT2D eigenvalue weighted by Crippen LogP contribution is -1.85. The first-order valence-electron chi connectivity index (χ1n) is 3.40. The molecule has 0 radical (unpaired) electrons. The first-order chi connectivity index (χ1) is 5.74. The second-order valence-corrected chi connectivity index (χ2v) is 3.18. The summed E-state index contributed by atoms with van der Waals surface area (Å²) in [5, 5.41) is 0. The van der Waals surface area contributed by atoms with Crippen molar-refractivity contribution >= 4 is 29.3 Å². The van der Waals surface area contributed by atoms with Crippen LogP contribution in [-0.4, -0.2) is 7.11 Å². The molecule has 0 aromatic heterocycles. The molecule has 1 aromatic carbocycles. The third-order valence-corrected chi connectivity index (χ3v) is 1.62. The molecule has 12 heavy (non-hydrogen) atoms. The Morgan fingerprint density at radius 1 is 1.33 bits per heavy atom. The fourth-order valence-corrected chi connectivity index (χ4v) is 1.14. The van der Waals surface area contributed by atoms with E-state index in [2.05, 4.69) is 0 Å². The standard InChI is InChI=1S/C9H8Cl2O/c1-12-8-5-3-2-4-7(8)6-9(10)11/h2-6H,1H3. The van der Waals surface area contributed by atoms with Gasteiger partial charge in [0.1, 0.15) is 10.2 Å². The molecule has 0 spiro atoms. The minimum absolute atomic E-state index is 0.222. The van der Waals surface area contributed by atoms with E-state index in [1.54, 1.807) is 13.2 Å². The summed E-state index contributed by atoms with van der Waals surface area (Å²) >= 11 is 11.0. The first-order valence-corrected chi connectivity index (χ1v) is 4.15. The van der Waals surface area contributed by atoms with Crippen molar-refractivity contribution in [2.24, 2.45) is 0 Å². The molecule has 0 aliphatic rings. The third-order valence-electron chi connectivity index (χ3n) is 1.40. The molecular weight excluding hydrogens is 195 g/mol. The number of hydrogen-bond acceptors (Lipinski definition) is 1. The average molecular weight is 203 g/mol. The van der Waals surface area contributed by atoms with Gasteiger partial charge < -0.3 is 4.74 Å². The summed E-state index contributed by atoms with van der Waals surface area (Å²) in [6.45, 7) is 0. The van der Waals surface area contributed by atoms with Crippen molar-refractivity contribution in [2.75, 3.05) is 7.11 Å². The van der Waals surface area contributed by atoms with Crippen LogP contribution in [0.1, 0.15) is 5.56 Å². The highest BCUT2D eigenvalue weighted by Gasteiger charge is 1.97. The van der Waals surface area contributed by atoms with E-state index >= 15 is 0 Å². The third kappa shape index (κ3) is 2.43. The van der Waals surface area contributed by atoms with Crippen molar-refractivity contribution in [1.82, 2.24) is 0 Å². The molecular formula is C9H8Cl2O. The minimum Gasteiger partial charge on any atom is -0.496 e. The van der Waals surface area contributed by atoms with Crippen molar-refractivity contribution in [2.45, 2.75) is 0 Å². The van der Waals surface area contributed by atoms with E-state index in [0.717, 1.165) is 11.3 Å². The van der Waals surface area contributed by atoms with Crippen LogP contribution in [0.3, 0.4) is 0 Å². The average Bonchev–Trinajstić information content (AvgIpc) is 2.04. The van der Waals surface area contributed by atoms with Crippen LogP contribution in [0.2, 0.25) is 0 Å². The first kappa shape index (κ1) is 9.43. The SMILES string of the molecule is COc1ccccc1C=C(Cl)Cl. The van der Waals surface area contributed by atoms with E-state index in [0.29, 0.717) is 0 Å². The van der Waals surface area contributed by atoms with E-state index in [-0.39, 0.29) is 4.49 Å². The van der Waals surface area contributed by atoms with Gasteiger partial charge >= 0.3 is 0 Å². The van der Waals surface area contributed by atoms with Gasteiger partial charge in [-0.3, -0.25) is 0 Å². The summed E-state index contributed by atoms with van der Waals surface area (Å²) in [5.74, 6) is 0.760. The Hall–Kier alpha value is -0.660. The second kappa shape index (κ2) is 4.39. The van der Waals surface area contributed by atoms with Crippen LogP contribution in [0.15, 0.2) is 28.8 Å². The van der Waals surface area contributed by atoms with Gasteiger partial charge in [-0.2, -0.15) is 0 Å². The molecule has 3 heteroatoms. The Morgan fingerprint density at radius 2 is 2.00 bits per heavy atom. The summed E-state index contributed by atoms with van der Waals surface area (Å²) in [5.41, 5.74) is 0.875. The van der Waals surface area contributed by atoms with E-state index in [1.807, 2.05) is 24.3 Å². The Bertz CT molecular complexity index is 290. The van der Waals surface area contributed by atoms with Gasteiger partial charge in [0.25, 0.3) is 0 Å². The maximum atomic E-state index is 5.51. The number of methoxy groups -OCH3 is 1. The van der Waals surface area contributed by atoms with Gasteiger partial charge in [-0.1, -0.05) is 41.4 Å². The fourth-order valence-electron chi connectivity index (χ4n) is 0.903. The number of halogens is 2. The normalized spacial score (nSPS) is 9.25. The molecule has 0 amide bonds. The summed E-state index contributed by atoms with van der Waals surface area (Å²) < 4.78 is 5.31. The van der Waals surface area contributed by atoms with E-state index in [4.69, 9.17) is 27.9 Å². The zero-order chi connectivity index (χ0) is 8.97. The van der Waals surface area contributed by atoms with Crippen molar-refractivity contribution < 1.29 is 4.74 Å². The Kier molecular flexibility index (Phi) is 3.45. The molecule has 64 valence electrons. The molecule has 0 atom stereocenters. The van der Waals surface area contributed by atoms with Crippen LogP contribution in [0.25, 0.3) is 6.08 Å². The monoisotopic (exact) mass is 202 g/mol. The summed E-state index contributed by atoms with van der Waals surface area (Å²) in [6, 6.07) is 7.51. The lowest BCUT2D eigenvalue weighted by molar-refractivity contribution is 0.414. The smallest absolute Gasteiger partial charge is 0.126 e. The highest BCUT2D eigenvalue weighted by Crippen LogP contribution is 2.22. The number of ether oxygens (including phenoxy) is 1. The van der Waals surface area contributed by atoms with Crippen LogP contribution < -0.4 is 4.74 Å². The Balaban J connectivity index is 3.05. The largest absolute Gasteiger partial charge is 0.496 e. The minimum atomic E-state index is 0.222. The summed E-state index contributed by atoms with van der Waals surface area (Å²) in [7, 11) is 1.61. The maximum Gasteiger partial charge on any atom is 0.126 e. The fraction of sp³-hybridized carbons (Fsp3) is 0.111. The van der Waals surface area contributed by atoms with Gasteiger partial charge in [-0.05, 0) is 12.1 Å². The van der Waals surface area contributed by atoms with Crippen LogP contribution in [0, 0.1) is 0 Å². The van der Waals surface area contributed by atoms with E-state index in [1.165, 1.54) is 0 Å². The van der Waals surface area contributed by atoms with Crippen molar-refractivity contribution in [1.29, 1.82) is 0 Å². The second-order valence-electron chi connectivity index (χ2n) is 2.18. The topological polar surface area (TPSA) is 9.23 Å². The summed E-state index contributed by atoms with van der Waals surface area (Å²) in [4.78, 5) is 0. The van der Waals surface area contributed by atoms with Crippen LogP contribution in [0.5, 0.6) is 5.75 Å². The van der Waals surface area contributed by atoms with Gasteiger partial charge in [0, 0.05) is 5.56 Å². The van der Waals surface area contributed by atoms with Crippen molar-refractivity contribution in [3.63, 3.8) is 0 Å². The zero-order valence-corrected chi connectivity index (χ0v) is 8.06. The van der Waals surface area contributed by atoms with Gasteiger partial charge in [-0.15, -0.1) is 0 Å². The highest BCUT2D eigenvalue weighted by atomic mass is 35.5. The van der Waals surface area contributed by atoms with Crippen molar-refractivity contribution in [3.05, 3.63) is 34.3 Å². The van der Waals surface area contributed by atoms with Gasteiger partial charge in [0.05, 0.1) is 7.11 Å². The van der Waals surface area contributed by atoms with Gasteiger partial charge in [0.2, 0.25) is 0 Å². The molecule has 0 N–H and O–H groups in total.